The highest BCUT2D eigenvalue weighted by Gasteiger charge is 2.37. The van der Waals surface area contributed by atoms with Gasteiger partial charge in [0, 0.05) is 25.2 Å². The van der Waals surface area contributed by atoms with Crippen LogP contribution in [0.15, 0.2) is 47.6 Å². The molecule has 0 N–H and O–H groups in total. The molecule has 0 unspecified atom stereocenters. The molecule has 0 radical (unpaired) electrons. The number of fused-ring (bicyclic) bond motifs is 1. The van der Waals surface area contributed by atoms with Crippen LogP contribution in [0.3, 0.4) is 0 Å². The average Bonchev–Trinajstić information content (AvgIpc) is 2.60. The van der Waals surface area contributed by atoms with Gasteiger partial charge in [-0.1, -0.05) is 6.07 Å². The number of aryl methyl sites for hydroxylation is 2. The van der Waals surface area contributed by atoms with E-state index in [2.05, 4.69) is 4.98 Å². The first-order chi connectivity index (χ1) is 12.1. The van der Waals surface area contributed by atoms with Crippen LogP contribution in [0.5, 0.6) is 5.75 Å². The maximum absolute atomic E-state index is 12.8. The first-order valence-corrected chi connectivity index (χ1v) is 10.2. The minimum atomic E-state index is -3.39. The number of hydrogen-bond donors (Lipinski definition) is 0. The van der Waals surface area contributed by atoms with Crippen LogP contribution in [0.2, 0.25) is 0 Å². The molecule has 2 aromatic rings. The Morgan fingerprint density at radius 2 is 1.92 bits per heavy atom. The summed E-state index contributed by atoms with van der Waals surface area (Å²) in [6.45, 7) is 1.54. The van der Waals surface area contributed by atoms with Gasteiger partial charge in [0.15, 0.2) is 0 Å². The van der Waals surface area contributed by atoms with Crippen molar-refractivity contribution >= 4 is 10.0 Å². The van der Waals surface area contributed by atoms with Gasteiger partial charge >= 0.3 is 0 Å². The maximum Gasteiger partial charge on any atom is 0.243 e. The van der Waals surface area contributed by atoms with Gasteiger partial charge in [0.1, 0.15) is 5.75 Å². The van der Waals surface area contributed by atoms with E-state index in [4.69, 9.17) is 4.74 Å². The predicted molar refractivity (Wildman–Crippen MR) is 95.1 cm³/mol. The van der Waals surface area contributed by atoms with E-state index in [1.54, 1.807) is 22.8 Å². The van der Waals surface area contributed by atoms with Crippen molar-refractivity contribution in [2.75, 3.05) is 19.7 Å². The predicted octanol–water partition coefficient (Wildman–Crippen LogP) is 2.66. The van der Waals surface area contributed by atoms with E-state index in [1.165, 1.54) is 17.5 Å². The Bertz CT molecular complexity index is 846. The molecule has 1 fully saturated rings. The Kier molecular flexibility index (Phi) is 4.48. The fourth-order valence-electron chi connectivity index (χ4n) is 3.49. The van der Waals surface area contributed by atoms with Crippen molar-refractivity contribution in [3.05, 3.63) is 53.9 Å². The number of pyridine rings is 1. The summed E-state index contributed by atoms with van der Waals surface area (Å²) in [5.41, 5.74) is 2.50. The zero-order valence-corrected chi connectivity index (χ0v) is 14.9. The van der Waals surface area contributed by atoms with Crippen LogP contribution >= 0.6 is 0 Å². The van der Waals surface area contributed by atoms with E-state index in [0.717, 1.165) is 25.0 Å². The van der Waals surface area contributed by atoms with Crippen molar-refractivity contribution in [2.24, 2.45) is 5.92 Å². The molecule has 1 aromatic heterocycles. The lowest BCUT2D eigenvalue weighted by atomic mass is 9.92. The topological polar surface area (TPSA) is 59.5 Å². The molecule has 0 bridgehead atoms. The highest BCUT2D eigenvalue weighted by atomic mass is 32.2. The lowest BCUT2D eigenvalue weighted by molar-refractivity contribution is 0.129. The normalized spacial score (nSPS) is 18.4. The van der Waals surface area contributed by atoms with Gasteiger partial charge in [-0.25, -0.2) is 8.42 Å². The van der Waals surface area contributed by atoms with E-state index in [0.29, 0.717) is 24.6 Å². The number of nitrogens with zero attached hydrogens (tertiary/aromatic N) is 2. The summed E-state index contributed by atoms with van der Waals surface area (Å²) in [4.78, 5) is 4.43. The van der Waals surface area contributed by atoms with Crippen LogP contribution in [-0.2, 0) is 22.9 Å². The molecule has 132 valence electrons. The van der Waals surface area contributed by atoms with Crippen molar-refractivity contribution < 1.29 is 13.2 Å². The zero-order valence-electron chi connectivity index (χ0n) is 14.1. The Balaban J connectivity index is 1.38. The molecule has 1 aliphatic heterocycles. The first-order valence-electron chi connectivity index (χ1n) is 8.78. The van der Waals surface area contributed by atoms with Gasteiger partial charge in [0.05, 0.1) is 17.7 Å². The number of rotatable bonds is 5. The van der Waals surface area contributed by atoms with Gasteiger partial charge in [0.2, 0.25) is 10.0 Å². The third kappa shape index (κ3) is 3.41. The van der Waals surface area contributed by atoms with E-state index in [1.807, 2.05) is 24.3 Å². The van der Waals surface area contributed by atoms with Gasteiger partial charge in [-0.15, -0.1) is 0 Å². The molecule has 0 saturated carbocycles. The van der Waals surface area contributed by atoms with E-state index in [9.17, 15) is 8.42 Å². The second-order valence-electron chi connectivity index (χ2n) is 6.83. The number of sulfonamides is 1. The third-order valence-corrected chi connectivity index (χ3v) is 6.83. The highest BCUT2D eigenvalue weighted by Crippen LogP contribution is 2.29. The number of ether oxygens (including phenoxy) is 1. The smallest absolute Gasteiger partial charge is 0.243 e. The van der Waals surface area contributed by atoms with Gasteiger partial charge in [-0.3, -0.25) is 4.98 Å². The molecular formula is C19H22N2O3S. The summed E-state index contributed by atoms with van der Waals surface area (Å²) in [6, 6.07) is 9.31. The minimum Gasteiger partial charge on any atom is -0.492 e. The van der Waals surface area contributed by atoms with Gasteiger partial charge in [0.25, 0.3) is 0 Å². The summed E-state index contributed by atoms with van der Waals surface area (Å²) in [5.74, 6) is 0.950. The zero-order chi connectivity index (χ0) is 17.3. The van der Waals surface area contributed by atoms with Crippen molar-refractivity contribution in [1.29, 1.82) is 0 Å². The standard InChI is InChI=1S/C19H22N2O3S/c22-25(23,19-8-7-16-4-1-2-5-17(16)10-19)21-12-15(13-21)14-24-18-6-3-9-20-11-18/h3,6-11,15H,1-2,4-5,12-14H2. The monoisotopic (exact) mass is 358 g/mol. The molecule has 1 aromatic carbocycles. The van der Waals surface area contributed by atoms with Gasteiger partial charge in [-0.05, 0) is 61.1 Å². The second kappa shape index (κ2) is 6.77. The van der Waals surface area contributed by atoms with Gasteiger partial charge < -0.3 is 4.74 Å². The fourth-order valence-corrected chi connectivity index (χ4v) is 5.13. The molecule has 4 rings (SSSR count). The molecule has 5 nitrogen and oxygen atoms in total. The second-order valence-corrected chi connectivity index (χ2v) is 8.76. The van der Waals surface area contributed by atoms with Crippen molar-refractivity contribution in [1.82, 2.24) is 9.29 Å². The first kappa shape index (κ1) is 16.5. The SMILES string of the molecule is O=S(=O)(c1ccc2c(c1)CCCC2)N1CC(COc2cccnc2)C1. The average molecular weight is 358 g/mol. The van der Waals surface area contributed by atoms with E-state index < -0.39 is 10.0 Å². The van der Waals surface area contributed by atoms with Crippen LogP contribution in [0, 0.1) is 5.92 Å². The summed E-state index contributed by atoms with van der Waals surface area (Å²) >= 11 is 0. The summed E-state index contributed by atoms with van der Waals surface area (Å²) in [7, 11) is -3.39. The third-order valence-electron chi connectivity index (χ3n) is 5.00. The Morgan fingerprint density at radius 1 is 1.12 bits per heavy atom. The van der Waals surface area contributed by atoms with Crippen LogP contribution < -0.4 is 4.74 Å². The summed E-state index contributed by atoms with van der Waals surface area (Å²) < 4.78 is 32.8. The number of hydrogen-bond acceptors (Lipinski definition) is 4. The number of aromatic nitrogens is 1. The molecule has 1 saturated heterocycles. The lowest BCUT2D eigenvalue weighted by Gasteiger charge is -2.37. The quantitative estimate of drug-likeness (QED) is 0.824. The Hall–Kier alpha value is -1.92. The molecular weight excluding hydrogens is 336 g/mol. The molecule has 0 atom stereocenters. The van der Waals surface area contributed by atoms with Gasteiger partial charge in [-0.2, -0.15) is 4.31 Å². The van der Waals surface area contributed by atoms with E-state index in [-0.39, 0.29) is 5.92 Å². The van der Waals surface area contributed by atoms with Crippen LogP contribution in [0.1, 0.15) is 24.0 Å². The Labute approximate surface area is 148 Å². The van der Waals surface area contributed by atoms with Crippen molar-refractivity contribution in [3.63, 3.8) is 0 Å². The van der Waals surface area contributed by atoms with Crippen LogP contribution in [0.4, 0.5) is 0 Å². The molecule has 1 aliphatic carbocycles. The largest absolute Gasteiger partial charge is 0.492 e. The minimum absolute atomic E-state index is 0.229. The van der Waals surface area contributed by atoms with E-state index >= 15 is 0 Å². The molecule has 25 heavy (non-hydrogen) atoms. The Morgan fingerprint density at radius 3 is 2.68 bits per heavy atom. The molecule has 0 spiro atoms. The summed E-state index contributed by atoms with van der Waals surface area (Å²) in [6.07, 6.45) is 7.76. The van der Waals surface area contributed by atoms with Crippen LogP contribution in [0.25, 0.3) is 0 Å². The van der Waals surface area contributed by atoms with Crippen molar-refractivity contribution in [3.8, 4) is 5.75 Å². The molecule has 2 aliphatic rings. The molecule has 0 amide bonds. The van der Waals surface area contributed by atoms with Crippen LogP contribution in [-0.4, -0.2) is 37.4 Å². The van der Waals surface area contributed by atoms with Crippen molar-refractivity contribution in [2.45, 2.75) is 30.6 Å². The fraction of sp³-hybridized carbons (Fsp3) is 0.421. The summed E-state index contributed by atoms with van der Waals surface area (Å²) in [5, 5.41) is 0. The maximum atomic E-state index is 12.8. The molecule has 2 heterocycles. The molecule has 6 heteroatoms. The highest BCUT2D eigenvalue weighted by molar-refractivity contribution is 7.89. The lowest BCUT2D eigenvalue weighted by Crippen LogP contribution is -2.51. The number of benzene rings is 1.